The zero-order chi connectivity index (χ0) is 14.5. The van der Waals surface area contributed by atoms with Crippen LogP contribution in [0, 0.1) is 17.6 Å². The Kier molecular flexibility index (Phi) is 5.40. The maximum absolute atomic E-state index is 13.0. The van der Waals surface area contributed by atoms with E-state index in [1.807, 2.05) is 0 Å². The molecule has 2 rings (SSSR count). The molecule has 5 heteroatoms. The maximum Gasteiger partial charge on any atom is 0.230 e. The molecule has 0 atom stereocenters. The molecule has 0 heterocycles. The molecule has 0 saturated heterocycles. The first-order valence-electron chi connectivity index (χ1n) is 6.92. The summed E-state index contributed by atoms with van der Waals surface area (Å²) < 4.78 is 25.8. The van der Waals surface area contributed by atoms with Crippen LogP contribution in [0.4, 0.5) is 8.78 Å². The molecule has 2 nitrogen and oxygen atoms in total. The molecule has 0 spiro atoms. The monoisotopic (exact) mass is 299 g/mol. The largest absolute Gasteiger partial charge is 0.353 e. The van der Waals surface area contributed by atoms with Gasteiger partial charge < -0.3 is 5.32 Å². The second kappa shape index (κ2) is 7.07. The van der Waals surface area contributed by atoms with Gasteiger partial charge in [-0.1, -0.05) is 6.92 Å². The number of hydrogen-bond donors (Lipinski definition) is 1. The van der Waals surface area contributed by atoms with E-state index >= 15 is 0 Å². The summed E-state index contributed by atoms with van der Waals surface area (Å²) in [5.41, 5.74) is 0. The number of nitrogens with one attached hydrogen (secondary N) is 1. The summed E-state index contributed by atoms with van der Waals surface area (Å²) in [6.45, 7) is 2.23. The second-order valence-electron chi connectivity index (χ2n) is 5.39. The van der Waals surface area contributed by atoms with E-state index in [1.165, 1.54) is 17.8 Å². The minimum Gasteiger partial charge on any atom is -0.353 e. The lowest BCUT2D eigenvalue weighted by Gasteiger charge is -2.26. The molecule has 0 unspecified atom stereocenters. The topological polar surface area (TPSA) is 29.1 Å². The molecule has 0 aromatic heterocycles. The van der Waals surface area contributed by atoms with Gasteiger partial charge in [-0.2, -0.15) is 0 Å². The Balaban J connectivity index is 1.76. The third-order valence-corrected chi connectivity index (χ3v) is 4.64. The molecular formula is C15H19F2NOS. The fourth-order valence-corrected chi connectivity index (χ4v) is 3.12. The van der Waals surface area contributed by atoms with Crippen molar-refractivity contribution in [3.8, 4) is 0 Å². The van der Waals surface area contributed by atoms with Crippen LogP contribution in [0.3, 0.4) is 0 Å². The standard InChI is InChI=1S/C15H19F2NOS/c1-10-2-4-11(5-3-10)18-15(19)9-20-12-6-7-13(16)14(17)8-12/h6-8,10-11H,2-5,9H2,1H3,(H,18,19). The van der Waals surface area contributed by atoms with Crippen molar-refractivity contribution >= 4 is 17.7 Å². The highest BCUT2D eigenvalue weighted by Gasteiger charge is 2.19. The summed E-state index contributed by atoms with van der Waals surface area (Å²) in [4.78, 5) is 12.4. The molecule has 1 aromatic rings. The molecule has 110 valence electrons. The van der Waals surface area contributed by atoms with Crippen molar-refractivity contribution in [2.45, 2.75) is 43.5 Å². The van der Waals surface area contributed by atoms with Crippen LogP contribution >= 0.6 is 11.8 Å². The molecule has 0 bridgehead atoms. The van der Waals surface area contributed by atoms with Gasteiger partial charge in [0.05, 0.1) is 5.75 Å². The van der Waals surface area contributed by atoms with E-state index in [0.29, 0.717) is 4.90 Å². The van der Waals surface area contributed by atoms with Crippen LogP contribution < -0.4 is 5.32 Å². The molecule has 1 aliphatic rings. The first kappa shape index (κ1) is 15.3. The number of halogens is 2. The number of hydrogen-bond acceptors (Lipinski definition) is 2. The third-order valence-electron chi connectivity index (χ3n) is 3.64. The average molecular weight is 299 g/mol. The normalized spacial score (nSPS) is 22.6. The fourth-order valence-electron chi connectivity index (χ4n) is 2.39. The van der Waals surface area contributed by atoms with Gasteiger partial charge in [0.15, 0.2) is 11.6 Å². The highest BCUT2D eigenvalue weighted by molar-refractivity contribution is 8.00. The van der Waals surface area contributed by atoms with Gasteiger partial charge in [0.25, 0.3) is 0 Å². The zero-order valence-corrected chi connectivity index (χ0v) is 12.3. The molecule has 0 aliphatic heterocycles. The molecule has 1 N–H and O–H groups in total. The predicted molar refractivity (Wildman–Crippen MR) is 76.6 cm³/mol. The van der Waals surface area contributed by atoms with Crippen molar-refractivity contribution in [1.29, 1.82) is 0 Å². The SMILES string of the molecule is CC1CCC(NC(=O)CSc2ccc(F)c(F)c2)CC1. The average Bonchev–Trinajstić information content (AvgIpc) is 2.43. The Hall–Kier alpha value is -1.10. The first-order chi connectivity index (χ1) is 9.54. The number of thioether (sulfide) groups is 1. The zero-order valence-electron chi connectivity index (χ0n) is 11.5. The Labute approximate surface area is 122 Å². The third kappa shape index (κ3) is 4.47. The molecular weight excluding hydrogens is 280 g/mol. The van der Waals surface area contributed by atoms with Crippen molar-refractivity contribution in [1.82, 2.24) is 5.32 Å². The van der Waals surface area contributed by atoms with Gasteiger partial charge in [0, 0.05) is 10.9 Å². The summed E-state index contributed by atoms with van der Waals surface area (Å²) in [6.07, 6.45) is 4.37. The highest BCUT2D eigenvalue weighted by atomic mass is 32.2. The van der Waals surface area contributed by atoms with E-state index in [0.717, 1.165) is 43.7 Å². The molecule has 1 fully saturated rings. The van der Waals surface area contributed by atoms with Crippen LogP contribution in [0.1, 0.15) is 32.6 Å². The van der Waals surface area contributed by atoms with Gasteiger partial charge in [0.2, 0.25) is 5.91 Å². The van der Waals surface area contributed by atoms with E-state index in [1.54, 1.807) is 0 Å². The van der Waals surface area contributed by atoms with E-state index in [9.17, 15) is 13.6 Å². The van der Waals surface area contributed by atoms with Gasteiger partial charge in [-0.3, -0.25) is 4.79 Å². The van der Waals surface area contributed by atoms with Crippen LogP contribution in [0.25, 0.3) is 0 Å². The number of benzene rings is 1. The Bertz CT molecular complexity index is 473. The Morgan fingerprint density at radius 2 is 1.95 bits per heavy atom. The van der Waals surface area contributed by atoms with Crippen molar-refractivity contribution in [2.24, 2.45) is 5.92 Å². The summed E-state index contributed by atoms with van der Waals surface area (Å²) in [5.74, 6) is -0.803. The van der Waals surface area contributed by atoms with E-state index in [-0.39, 0.29) is 17.7 Å². The second-order valence-corrected chi connectivity index (χ2v) is 6.44. The van der Waals surface area contributed by atoms with Gasteiger partial charge in [0.1, 0.15) is 0 Å². The van der Waals surface area contributed by atoms with Crippen LogP contribution in [0.2, 0.25) is 0 Å². The summed E-state index contributed by atoms with van der Waals surface area (Å²) >= 11 is 1.22. The lowest BCUT2D eigenvalue weighted by molar-refractivity contribution is -0.119. The minimum absolute atomic E-state index is 0.0423. The van der Waals surface area contributed by atoms with Crippen LogP contribution in [0.15, 0.2) is 23.1 Å². The van der Waals surface area contributed by atoms with Crippen molar-refractivity contribution in [3.05, 3.63) is 29.8 Å². The fraction of sp³-hybridized carbons (Fsp3) is 0.533. The maximum atomic E-state index is 13.0. The molecule has 1 saturated carbocycles. The number of amides is 1. The quantitative estimate of drug-likeness (QED) is 0.858. The molecule has 1 aliphatic carbocycles. The molecule has 0 radical (unpaired) electrons. The summed E-state index contributed by atoms with van der Waals surface area (Å²) in [7, 11) is 0. The van der Waals surface area contributed by atoms with Gasteiger partial charge in [-0.25, -0.2) is 8.78 Å². The predicted octanol–water partition coefficient (Wildman–Crippen LogP) is 3.75. The highest BCUT2D eigenvalue weighted by Crippen LogP contribution is 2.24. The van der Waals surface area contributed by atoms with Crippen molar-refractivity contribution < 1.29 is 13.6 Å². The van der Waals surface area contributed by atoms with Gasteiger partial charge >= 0.3 is 0 Å². The van der Waals surface area contributed by atoms with Crippen LogP contribution in [-0.4, -0.2) is 17.7 Å². The summed E-state index contributed by atoms with van der Waals surface area (Å²) in [5, 5.41) is 3.01. The lowest BCUT2D eigenvalue weighted by Crippen LogP contribution is -2.38. The summed E-state index contributed by atoms with van der Waals surface area (Å²) in [6, 6.07) is 3.95. The molecule has 20 heavy (non-hydrogen) atoms. The Morgan fingerprint density at radius 3 is 2.60 bits per heavy atom. The number of rotatable bonds is 4. The van der Waals surface area contributed by atoms with Crippen LogP contribution in [-0.2, 0) is 4.79 Å². The smallest absolute Gasteiger partial charge is 0.230 e. The van der Waals surface area contributed by atoms with Crippen molar-refractivity contribution in [3.63, 3.8) is 0 Å². The van der Waals surface area contributed by atoms with E-state index < -0.39 is 11.6 Å². The lowest BCUT2D eigenvalue weighted by atomic mass is 9.87. The van der Waals surface area contributed by atoms with E-state index in [4.69, 9.17) is 0 Å². The molecule has 1 amide bonds. The van der Waals surface area contributed by atoms with Crippen LogP contribution in [0.5, 0.6) is 0 Å². The van der Waals surface area contributed by atoms with E-state index in [2.05, 4.69) is 12.2 Å². The van der Waals surface area contributed by atoms with Gasteiger partial charge in [-0.05, 0) is 49.8 Å². The van der Waals surface area contributed by atoms with Gasteiger partial charge in [-0.15, -0.1) is 11.8 Å². The molecule has 1 aromatic carbocycles. The Morgan fingerprint density at radius 1 is 1.25 bits per heavy atom. The first-order valence-corrected chi connectivity index (χ1v) is 7.90. The van der Waals surface area contributed by atoms with Crippen molar-refractivity contribution in [2.75, 3.05) is 5.75 Å². The number of carbonyl (C=O) groups excluding carboxylic acids is 1. The number of carbonyl (C=O) groups is 1. The minimum atomic E-state index is -0.878.